The lowest BCUT2D eigenvalue weighted by molar-refractivity contribution is -0.302. The van der Waals surface area contributed by atoms with Crippen molar-refractivity contribution in [1.82, 2.24) is 5.32 Å². The molecule has 0 radical (unpaired) electrons. The van der Waals surface area contributed by atoms with Crippen molar-refractivity contribution in [2.45, 2.75) is 236 Å². The quantitative estimate of drug-likeness (QED) is 0.0264. The van der Waals surface area contributed by atoms with E-state index in [0.717, 1.165) is 77.0 Å². The molecule has 0 aromatic carbocycles. The molecule has 1 heterocycles. The van der Waals surface area contributed by atoms with Gasteiger partial charge in [0, 0.05) is 6.42 Å². The minimum absolute atomic E-state index is 0.195. The second kappa shape index (κ2) is 41.6. The van der Waals surface area contributed by atoms with Crippen molar-refractivity contribution in [3.63, 3.8) is 0 Å². The number of unbranched alkanes of at least 4 members (excludes halogenated alkanes) is 20. The first kappa shape index (κ1) is 56.6. The van der Waals surface area contributed by atoms with Gasteiger partial charge in [0.05, 0.1) is 25.4 Å². The van der Waals surface area contributed by atoms with Gasteiger partial charge in [0.1, 0.15) is 24.4 Å². The zero-order valence-electron chi connectivity index (χ0n) is 38.6. The summed E-state index contributed by atoms with van der Waals surface area (Å²) < 4.78 is 11.2. The van der Waals surface area contributed by atoms with Crippen molar-refractivity contribution in [1.29, 1.82) is 0 Å². The van der Waals surface area contributed by atoms with E-state index in [1.54, 1.807) is 6.08 Å². The summed E-state index contributed by atoms with van der Waals surface area (Å²) in [6.45, 7) is 3.63. The molecule has 7 atom stereocenters. The van der Waals surface area contributed by atoms with Crippen LogP contribution in [0.3, 0.4) is 0 Å². The van der Waals surface area contributed by atoms with Gasteiger partial charge in [0.2, 0.25) is 5.91 Å². The molecule has 9 nitrogen and oxygen atoms in total. The van der Waals surface area contributed by atoms with Gasteiger partial charge in [0.25, 0.3) is 0 Å². The minimum Gasteiger partial charge on any atom is -0.394 e. The number of hydrogen-bond acceptors (Lipinski definition) is 8. The summed E-state index contributed by atoms with van der Waals surface area (Å²) in [7, 11) is 0. The maximum Gasteiger partial charge on any atom is 0.220 e. The number of allylic oxidation sites excluding steroid dienone is 11. The van der Waals surface area contributed by atoms with Crippen LogP contribution in [-0.4, -0.2) is 87.5 Å². The summed E-state index contributed by atoms with van der Waals surface area (Å²) in [6.07, 6.45) is 49.4. The monoisotopic (exact) mass is 858 g/mol. The normalized spacial score (nSPS) is 21.1. The number of carbonyl (C=O) groups excluding carboxylic acids is 1. The Kier molecular flexibility index (Phi) is 38.7. The first-order chi connectivity index (χ1) is 29.8. The Morgan fingerprint density at radius 3 is 1.57 bits per heavy atom. The van der Waals surface area contributed by atoms with Crippen molar-refractivity contribution in [3.05, 3.63) is 72.9 Å². The van der Waals surface area contributed by atoms with E-state index in [1.165, 1.54) is 96.3 Å². The Hall–Kier alpha value is -2.37. The van der Waals surface area contributed by atoms with Gasteiger partial charge in [0.15, 0.2) is 6.29 Å². The molecule has 1 aliphatic rings. The van der Waals surface area contributed by atoms with Crippen LogP contribution in [0.4, 0.5) is 0 Å². The zero-order valence-corrected chi connectivity index (χ0v) is 38.6. The number of ether oxygens (including phenoxy) is 2. The molecule has 1 fully saturated rings. The molecule has 0 spiro atoms. The average Bonchev–Trinajstić information content (AvgIpc) is 3.26. The molecule has 1 saturated heterocycles. The summed E-state index contributed by atoms with van der Waals surface area (Å²) >= 11 is 0. The van der Waals surface area contributed by atoms with E-state index in [0.29, 0.717) is 6.42 Å². The fourth-order valence-corrected chi connectivity index (χ4v) is 7.34. The van der Waals surface area contributed by atoms with Crippen molar-refractivity contribution in [3.8, 4) is 0 Å². The van der Waals surface area contributed by atoms with Gasteiger partial charge in [-0.05, 0) is 70.6 Å². The molecule has 9 heteroatoms. The summed E-state index contributed by atoms with van der Waals surface area (Å²) in [6, 6.07) is -0.827. The van der Waals surface area contributed by atoms with E-state index >= 15 is 0 Å². The third-order valence-corrected chi connectivity index (χ3v) is 11.3. The molecular weight excluding hydrogens is 767 g/mol. The standard InChI is InChI=1S/C52H91NO8/c1-3-5-7-9-11-13-15-17-19-20-21-22-23-24-25-26-28-30-32-34-36-38-40-42-48(56)53-45(44-60-52-51(59)50(58)49(57)47(43-54)61-52)46(55)41-39-37-35-33-31-29-27-18-16-14-12-10-8-6-4-2/h5,7,11,13,17,19,21-22,31,33,39,41,45-47,49-52,54-55,57-59H,3-4,6,8-10,12,14-16,18,20,23-30,32,34-38,40,42-44H2,1-2H3,(H,53,56)/b7-5-,13-11-,19-17-,22-21-,33-31+,41-39+. The number of aliphatic hydroxyl groups is 5. The highest BCUT2D eigenvalue weighted by atomic mass is 16.7. The van der Waals surface area contributed by atoms with E-state index < -0.39 is 49.5 Å². The second-order valence-corrected chi connectivity index (χ2v) is 16.9. The lowest BCUT2D eigenvalue weighted by atomic mass is 9.99. The Balaban J connectivity index is 2.32. The molecule has 352 valence electrons. The lowest BCUT2D eigenvalue weighted by Gasteiger charge is -2.40. The summed E-state index contributed by atoms with van der Waals surface area (Å²) in [4.78, 5) is 13.0. The SMILES string of the molecule is CC/C=C\C/C=C\C/C=C\C/C=C\CCCCCCCCCCCCC(=O)NC(COC1OC(CO)C(O)C(O)C1O)C(O)/C=C/CC/C=C/CCCCCCCCCCC. The number of rotatable bonds is 40. The van der Waals surface area contributed by atoms with Gasteiger partial charge in [-0.2, -0.15) is 0 Å². The van der Waals surface area contributed by atoms with Crippen LogP contribution in [0.2, 0.25) is 0 Å². The van der Waals surface area contributed by atoms with Gasteiger partial charge < -0.3 is 40.3 Å². The number of nitrogens with one attached hydrogen (secondary N) is 1. The maximum atomic E-state index is 13.0. The van der Waals surface area contributed by atoms with Gasteiger partial charge in [-0.15, -0.1) is 0 Å². The second-order valence-electron chi connectivity index (χ2n) is 16.9. The van der Waals surface area contributed by atoms with Gasteiger partial charge in [-0.25, -0.2) is 0 Å². The number of amides is 1. The van der Waals surface area contributed by atoms with Gasteiger partial charge in [-0.3, -0.25) is 4.79 Å². The average molecular weight is 858 g/mol. The molecular formula is C52H91NO8. The molecule has 0 aromatic heterocycles. The van der Waals surface area contributed by atoms with Gasteiger partial charge in [-0.1, -0.05) is 189 Å². The molecule has 0 aromatic rings. The highest BCUT2D eigenvalue weighted by Crippen LogP contribution is 2.22. The van der Waals surface area contributed by atoms with Crippen molar-refractivity contribution in [2.75, 3.05) is 13.2 Å². The summed E-state index contributed by atoms with van der Waals surface area (Å²) in [5.41, 5.74) is 0. The number of aliphatic hydroxyl groups excluding tert-OH is 5. The third-order valence-electron chi connectivity index (χ3n) is 11.3. The molecule has 1 amide bonds. The zero-order chi connectivity index (χ0) is 44.4. The predicted octanol–water partition coefficient (Wildman–Crippen LogP) is 10.9. The fraction of sp³-hybridized carbons (Fsp3) is 0.750. The van der Waals surface area contributed by atoms with Crippen LogP contribution in [0.25, 0.3) is 0 Å². The van der Waals surface area contributed by atoms with Crippen LogP contribution in [0.1, 0.15) is 194 Å². The molecule has 0 bridgehead atoms. The summed E-state index contributed by atoms with van der Waals surface area (Å²) in [5, 5.41) is 54.2. The largest absolute Gasteiger partial charge is 0.394 e. The summed E-state index contributed by atoms with van der Waals surface area (Å²) in [5.74, 6) is -0.195. The lowest BCUT2D eigenvalue weighted by Crippen LogP contribution is -2.60. The van der Waals surface area contributed by atoms with Crippen LogP contribution in [0.5, 0.6) is 0 Å². The van der Waals surface area contributed by atoms with E-state index in [9.17, 15) is 30.3 Å². The minimum atomic E-state index is -1.57. The first-order valence-corrected chi connectivity index (χ1v) is 24.7. The number of hydrogen-bond donors (Lipinski definition) is 6. The highest BCUT2D eigenvalue weighted by Gasteiger charge is 2.44. The van der Waals surface area contributed by atoms with Crippen LogP contribution >= 0.6 is 0 Å². The third kappa shape index (κ3) is 32.0. The molecule has 0 aliphatic carbocycles. The Morgan fingerprint density at radius 2 is 1.03 bits per heavy atom. The smallest absolute Gasteiger partial charge is 0.220 e. The van der Waals surface area contributed by atoms with E-state index in [2.05, 4.69) is 79.9 Å². The van der Waals surface area contributed by atoms with Crippen LogP contribution in [0.15, 0.2) is 72.9 Å². The molecule has 61 heavy (non-hydrogen) atoms. The Morgan fingerprint density at radius 1 is 0.574 bits per heavy atom. The Bertz CT molecular complexity index is 1180. The van der Waals surface area contributed by atoms with Gasteiger partial charge >= 0.3 is 0 Å². The molecule has 1 rings (SSSR count). The van der Waals surface area contributed by atoms with Crippen molar-refractivity contribution in [2.24, 2.45) is 0 Å². The van der Waals surface area contributed by atoms with E-state index in [-0.39, 0.29) is 12.5 Å². The van der Waals surface area contributed by atoms with Crippen LogP contribution < -0.4 is 5.32 Å². The topological polar surface area (TPSA) is 149 Å². The maximum absolute atomic E-state index is 13.0. The first-order valence-electron chi connectivity index (χ1n) is 24.7. The van der Waals surface area contributed by atoms with E-state index in [1.807, 2.05) is 6.08 Å². The van der Waals surface area contributed by atoms with Crippen LogP contribution in [0, 0.1) is 0 Å². The molecule has 1 aliphatic heterocycles. The van der Waals surface area contributed by atoms with E-state index in [4.69, 9.17) is 9.47 Å². The van der Waals surface area contributed by atoms with Crippen molar-refractivity contribution >= 4 is 5.91 Å². The molecule has 0 saturated carbocycles. The highest BCUT2D eigenvalue weighted by molar-refractivity contribution is 5.76. The Labute approximate surface area is 372 Å². The molecule has 7 unspecified atom stereocenters. The number of carbonyl (C=O) groups is 1. The predicted molar refractivity (Wildman–Crippen MR) is 253 cm³/mol. The van der Waals surface area contributed by atoms with Crippen LogP contribution in [-0.2, 0) is 14.3 Å². The molecule has 6 N–H and O–H groups in total. The van der Waals surface area contributed by atoms with Crippen molar-refractivity contribution < 1.29 is 39.8 Å². The fourth-order valence-electron chi connectivity index (χ4n) is 7.34.